The number of anilines is 3. The third-order valence-corrected chi connectivity index (χ3v) is 5.07. The van der Waals surface area contributed by atoms with Gasteiger partial charge in [-0.3, -0.25) is 4.79 Å². The molecule has 6 nitrogen and oxygen atoms in total. The number of carbonyl (C=O) groups excluding carboxylic acids is 1. The summed E-state index contributed by atoms with van der Waals surface area (Å²) >= 11 is 0. The Morgan fingerprint density at radius 1 is 0.897 bits per heavy atom. The highest BCUT2D eigenvalue weighted by Crippen LogP contribution is 2.29. The van der Waals surface area contributed by atoms with Crippen LogP contribution in [0, 0.1) is 0 Å². The number of aromatic nitrogens is 1. The van der Waals surface area contributed by atoms with Gasteiger partial charge in [0.2, 0.25) is 0 Å². The lowest BCUT2D eigenvalue weighted by molar-refractivity contribution is 0.102. The maximum absolute atomic E-state index is 12.3. The van der Waals surface area contributed by atoms with Gasteiger partial charge in [-0.1, -0.05) is 30.3 Å². The topological polar surface area (TPSA) is 57.7 Å². The molecule has 2 heterocycles. The summed E-state index contributed by atoms with van der Waals surface area (Å²) < 4.78 is 5.48. The van der Waals surface area contributed by atoms with Crippen LogP contribution >= 0.6 is 0 Å². The summed E-state index contributed by atoms with van der Waals surface area (Å²) in [6, 6.07) is 21.1. The van der Waals surface area contributed by atoms with Crippen LogP contribution in [0.3, 0.4) is 0 Å². The third kappa shape index (κ3) is 4.32. The van der Waals surface area contributed by atoms with E-state index in [1.165, 1.54) is 0 Å². The van der Waals surface area contributed by atoms with Crippen molar-refractivity contribution in [1.29, 1.82) is 0 Å². The number of hydrogen-bond donors (Lipinski definition) is 1. The molecule has 1 aromatic heterocycles. The van der Waals surface area contributed by atoms with Gasteiger partial charge in [0.15, 0.2) is 0 Å². The standard InChI is InChI=1S/C23H24N4O2/c1-29-21-10-6-5-9-20(21)26-13-15-27(16-14-26)22-12-11-19(17-24-22)25-23(28)18-7-3-2-4-8-18/h2-12,17H,13-16H2,1H3,(H,25,28). The third-order valence-electron chi connectivity index (χ3n) is 5.07. The van der Waals surface area contributed by atoms with Crippen molar-refractivity contribution < 1.29 is 9.53 Å². The number of nitrogens with zero attached hydrogens (tertiary/aromatic N) is 3. The predicted octanol–water partition coefficient (Wildman–Crippen LogP) is 3.67. The lowest BCUT2D eigenvalue weighted by Gasteiger charge is -2.37. The summed E-state index contributed by atoms with van der Waals surface area (Å²) in [5.41, 5.74) is 2.45. The Morgan fingerprint density at radius 3 is 2.28 bits per heavy atom. The number of para-hydroxylation sites is 2. The average molecular weight is 388 g/mol. The summed E-state index contributed by atoms with van der Waals surface area (Å²) in [6.45, 7) is 3.55. The van der Waals surface area contributed by atoms with Crippen molar-refractivity contribution in [3.8, 4) is 5.75 Å². The number of rotatable bonds is 5. The molecule has 0 aliphatic carbocycles. The molecule has 6 heteroatoms. The first-order valence-electron chi connectivity index (χ1n) is 9.70. The molecule has 0 unspecified atom stereocenters. The van der Waals surface area contributed by atoms with Gasteiger partial charge in [0.25, 0.3) is 5.91 Å². The quantitative estimate of drug-likeness (QED) is 0.723. The number of hydrogen-bond acceptors (Lipinski definition) is 5. The molecule has 29 heavy (non-hydrogen) atoms. The zero-order valence-electron chi connectivity index (χ0n) is 16.4. The first kappa shape index (κ1) is 18.8. The predicted molar refractivity (Wildman–Crippen MR) is 116 cm³/mol. The molecular weight excluding hydrogens is 364 g/mol. The van der Waals surface area contributed by atoms with E-state index in [1.807, 2.05) is 48.5 Å². The van der Waals surface area contributed by atoms with Crippen LogP contribution in [0.25, 0.3) is 0 Å². The minimum absolute atomic E-state index is 0.134. The fourth-order valence-electron chi connectivity index (χ4n) is 3.51. The minimum Gasteiger partial charge on any atom is -0.495 e. The highest BCUT2D eigenvalue weighted by Gasteiger charge is 2.20. The van der Waals surface area contributed by atoms with Gasteiger partial charge < -0.3 is 19.9 Å². The normalized spacial score (nSPS) is 13.8. The van der Waals surface area contributed by atoms with Crippen LogP contribution in [0.2, 0.25) is 0 Å². The SMILES string of the molecule is COc1ccccc1N1CCN(c2ccc(NC(=O)c3ccccc3)cn2)CC1. The van der Waals surface area contributed by atoms with Crippen LogP contribution in [0.5, 0.6) is 5.75 Å². The Morgan fingerprint density at radius 2 is 1.59 bits per heavy atom. The van der Waals surface area contributed by atoms with Crippen molar-refractivity contribution in [2.45, 2.75) is 0 Å². The first-order valence-corrected chi connectivity index (χ1v) is 9.70. The second-order valence-electron chi connectivity index (χ2n) is 6.87. The van der Waals surface area contributed by atoms with E-state index in [-0.39, 0.29) is 5.91 Å². The number of methoxy groups -OCH3 is 1. The van der Waals surface area contributed by atoms with Crippen LogP contribution in [-0.2, 0) is 0 Å². The lowest BCUT2D eigenvalue weighted by atomic mass is 10.2. The van der Waals surface area contributed by atoms with Crippen molar-refractivity contribution in [2.24, 2.45) is 0 Å². The Bertz CT molecular complexity index is 952. The Labute approximate surface area is 170 Å². The van der Waals surface area contributed by atoms with E-state index in [0.29, 0.717) is 11.3 Å². The fourth-order valence-corrected chi connectivity index (χ4v) is 3.51. The van der Waals surface area contributed by atoms with Crippen molar-refractivity contribution in [2.75, 3.05) is 48.4 Å². The largest absolute Gasteiger partial charge is 0.495 e. The molecule has 1 fully saturated rings. The molecule has 3 aromatic rings. The van der Waals surface area contributed by atoms with E-state index in [0.717, 1.165) is 43.4 Å². The van der Waals surface area contributed by atoms with Crippen LogP contribution in [0.1, 0.15) is 10.4 Å². The molecule has 2 aromatic carbocycles. The van der Waals surface area contributed by atoms with Gasteiger partial charge in [-0.25, -0.2) is 4.98 Å². The van der Waals surface area contributed by atoms with Gasteiger partial charge in [0.1, 0.15) is 11.6 Å². The van der Waals surface area contributed by atoms with Gasteiger partial charge in [0.05, 0.1) is 24.7 Å². The van der Waals surface area contributed by atoms with Gasteiger partial charge in [-0.2, -0.15) is 0 Å². The zero-order chi connectivity index (χ0) is 20.1. The van der Waals surface area contributed by atoms with Crippen molar-refractivity contribution in [3.63, 3.8) is 0 Å². The number of piperazine rings is 1. The molecule has 0 radical (unpaired) electrons. The molecule has 1 N–H and O–H groups in total. The van der Waals surface area contributed by atoms with Crippen LogP contribution < -0.4 is 19.9 Å². The summed E-state index contributed by atoms with van der Waals surface area (Å²) in [5, 5.41) is 2.89. The van der Waals surface area contributed by atoms with E-state index >= 15 is 0 Å². The summed E-state index contributed by atoms with van der Waals surface area (Å²) in [7, 11) is 1.71. The summed E-state index contributed by atoms with van der Waals surface area (Å²) in [4.78, 5) is 21.4. The van der Waals surface area contributed by atoms with E-state index in [2.05, 4.69) is 26.2 Å². The zero-order valence-corrected chi connectivity index (χ0v) is 16.4. The number of ether oxygens (including phenoxy) is 1. The van der Waals surface area contributed by atoms with E-state index in [1.54, 1.807) is 25.4 Å². The second-order valence-corrected chi connectivity index (χ2v) is 6.87. The Balaban J connectivity index is 1.36. The molecule has 0 atom stereocenters. The number of carbonyl (C=O) groups is 1. The molecule has 0 spiro atoms. The van der Waals surface area contributed by atoms with Gasteiger partial charge in [-0.05, 0) is 36.4 Å². The minimum atomic E-state index is -0.134. The fraction of sp³-hybridized carbons (Fsp3) is 0.217. The van der Waals surface area contributed by atoms with Crippen LogP contribution in [-0.4, -0.2) is 44.2 Å². The van der Waals surface area contributed by atoms with E-state index in [4.69, 9.17) is 4.74 Å². The smallest absolute Gasteiger partial charge is 0.255 e. The summed E-state index contributed by atoms with van der Waals surface area (Å²) in [5.74, 6) is 1.69. The van der Waals surface area contributed by atoms with Gasteiger partial charge >= 0.3 is 0 Å². The van der Waals surface area contributed by atoms with Gasteiger partial charge in [-0.15, -0.1) is 0 Å². The molecule has 1 aliphatic rings. The van der Waals surface area contributed by atoms with Crippen LogP contribution in [0.4, 0.5) is 17.2 Å². The highest BCUT2D eigenvalue weighted by atomic mass is 16.5. The molecule has 0 saturated carbocycles. The number of nitrogens with one attached hydrogen (secondary N) is 1. The molecule has 148 valence electrons. The number of pyridine rings is 1. The van der Waals surface area contributed by atoms with E-state index in [9.17, 15) is 4.79 Å². The van der Waals surface area contributed by atoms with Crippen LogP contribution in [0.15, 0.2) is 72.9 Å². The van der Waals surface area contributed by atoms with Crippen molar-refractivity contribution >= 4 is 23.1 Å². The molecule has 1 aliphatic heterocycles. The number of amides is 1. The number of benzene rings is 2. The molecule has 0 bridgehead atoms. The average Bonchev–Trinajstić information content (AvgIpc) is 2.80. The van der Waals surface area contributed by atoms with Crippen molar-refractivity contribution in [1.82, 2.24) is 4.98 Å². The van der Waals surface area contributed by atoms with Gasteiger partial charge in [0, 0.05) is 31.7 Å². The maximum atomic E-state index is 12.3. The summed E-state index contributed by atoms with van der Waals surface area (Å²) in [6.07, 6.45) is 1.71. The molecule has 1 saturated heterocycles. The first-order chi connectivity index (χ1) is 14.2. The molecule has 4 rings (SSSR count). The molecule has 1 amide bonds. The second kappa shape index (κ2) is 8.65. The maximum Gasteiger partial charge on any atom is 0.255 e. The molecular formula is C23H24N4O2. The Hall–Kier alpha value is -3.54. The lowest BCUT2D eigenvalue weighted by Crippen LogP contribution is -2.46. The Kier molecular flexibility index (Phi) is 5.61. The van der Waals surface area contributed by atoms with E-state index < -0.39 is 0 Å². The highest BCUT2D eigenvalue weighted by molar-refractivity contribution is 6.04. The van der Waals surface area contributed by atoms with Crippen molar-refractivity contribution in [3.05, 3.63) is 78.5 Å². The monoisotopic (exact) mass is 388 g/mol.